The number of rotatable bonds is 6. The molecule has 102 valence electrons. The molecule has 2 atom stereocenters. The van der Waals surface area contributed by atoms with Crippen molar-refractivity contribution in [2.75, 3.05) is 6.54 Å². The lowest BCUT2D eigenvalue weighted by atomic mass is 10.0. The molecule has 3 nitrogen and oxygen atoms in total. The molecule has 0 amide bonds. The maximum absolute atomic E-state index is 6.22. The standard InChI is InChI=1S/C15H26N2O/c1-10(2)9-17(13-6-7-13)15(12(4)16)14-8-5-11(3)18-14/h5,8,10,12-13,15H,6-7,9,16H2,1-4H3. The van der Waals surface area contributed by atoms with Crippen LogP contribution in [0.1, 0.15) is 51.2 Å². The van der Waals surface area contributed by atoms with E-state index in [4.69, 9.17) is 10.2 Å². The number of furan rings is 1. The minimum absolute atomic E-state index is 0.0925. The maximum atomic E-state index is 6.22. The van der Waals surface area contributed by atoms with Gasteiger partial charge in [-0.25, -0.2) is 0 Å². The molecule has 0 aromatic carbocycles. The third kappa shape index (κ3) is 3.15. The zero-order valence-electron chi connectivity index (χ0n) is 12.0. The summed E-state index contributed by atoms with van der Waals surface area (Å²) >= 11 is 0. The van der Waals surface area contributed by atoms with Crippen LogP contribution in [0, 0.1) is 12.8 Å². The lowest BCUT2D eigenvalue weighted by molar-refractivity contribution is 0.128. The molecule has 2 N–H and O–H groups in total. The van der Waals surface area contributed by atoms with Gasteiger partial charge in [-0.15, -0.1) is 0 Å². The first kappa shape index (κ1) is 13.6. The Morgan fingerprint density at radius 2 is 2.00 bits per heavy atom. The Labute approximate surface area is 110 Å². The van der Waals surface area contributed by atoms with Crippen LogP contribution < -0.4 is 5.73 Å². The first-order valence-electron chi connectivity index (χ1n) is 7.06. The van der Waals surface area contributed by atoms with Crippen molar-refractivity contribution in [3.63, 3.8) is 0 Å². The number of hydrogen-bond donors (Lipinski definition) is 1. The highest BCUT2D eigenvalue weighted by Crippen LogP contribution is 2.36. The maximum Gasteiger partial charge on any atom is 0.122 e. The molecule has 0 spiro atoms. The van der Waals surface area contributed by atoms with Crippen LogP contribution in [0.25, 0.3) is 0 Å². The fourth-order valence-electron chi connectivity index (χ4n) is 2.65. The average molecular weight is 250 g/mol. The molecule has 1 heterocycles. The van der Waals surface area contributed by atoms with Gasteiger partial charge < -0.3 is 10.2 Å². The Hall–Kier alpha value is -0.800. The van der Waals surface area contributed by atoms with Gasteiger partial charge in [0.25, 0.3) is 0 Å². The van der Waals surface area contributed by atoms with Crippen LogP contribution in [0.3, 0.4) is 0 Å². The van der Waals surface area contributed by atoms with Crippen LogP contribution in [-0.4, -0.2) is 23.5 Å². The number of aryl methyl sites for hydroxylation is 1. The van der Waals surface area contributed by atoms with Gasteiger partial charge in [0.15, 0.2) is 0 Å². The lowest BCUT2D eigenvalue weighted by Crippen LogP contribution is -2.42. The summed E-state index contributed by atoms with van der Waals surface area (Å²) in [6.07, 6.45) is 2.60. The van der Waals surface area contributed by atoms with Crippen molar-refractivity contribution in [3.05, 3.63) is 23.7 Å². The summed E-state index contributed by atoms with van der Waals surface area (Å²) in [6.45, 7) is 9.70. The molecule has 1 fully saturated rings. The minimum Gasteiger partial charge on any atom is -0.465 e. The Morgan fingerprint density at radius 1 is 1.33 bits per heavy atom. The first-order valence-corrected chi connectivity index (χ1v) is 7.06. The van der Waals surface area contributed by atoms with E-state index in [-0.39, 0.29) is 12.1 Å². The smallest absolute Gasteiger partial charge is 0.122 e. The highest BCUT2D eigenvalue weighted by atomic mass is 16.3. The van der Waals surface area contributed by atoms with E-state index in [0.29, 0.717) is 12.0 Å². The van der Waals surface area contributed by atoms with Crippen LogP contribution in [0.4, 0.5) is 0 Å². The van der Waals surface area contributed by atoms with E-state index in [9.17, 15) is 0 Å². The summed E-state index contributed by atoms with van der Waals surface area (Å²) in [6, 6.07) is 5.13. The van der Waals surface area contributed by atoms with Crippen molar-refractivity contribution < 1.29 is 4.42 Å². The summed E-state index contributed by atoms with van der Waals surface area (Å²) in [5, 5.41) is 0. The van der Waals surface area contributed by atoms with Crippen LogP contribution in [0.5, 0.6) is 0 Å². The van der Waals surface area contributed by atoms with E-state index in [0.717, 1.165) is 18.1 Å². The third-order valence-electron chi connectivity index (χ3n) is 3.50. The molecule has 0 radical (unpaired) electrons. The number of hydrogen-bond acceptors (Lipinski definition) is 3. The van der Waals surface area contributed by atoms with E-state index >= 15 is 0 Å². The highest BCUT2D eigenvalue weighted by Gasteiger charge is 2.37. The van der Waals surface area contributed by atoms with E-state index in [1.54, 1.807) is 0 Å². The largest absolute Gasteiger partial charge is 0.465 e. The van der Waals surface area contributed by atoms with E-state index in [1.807, 2.05) is 13.0 Å². The summed E-state index contributed by atoms with van der Waals surface area (Å²) in [5.41, 5.74) is 6.22. The fourth-order valence-corrected chi connectivity index (χ4v) is 2.65. The molecule has 1 aromatic heterocycles. The van der Waals surface area contributed by atoms with Crippen LogP contribution in [0.2, 0.25) is 0 Å². The molecule has 1 aliphatic carbocycles. The molecule has 1 aliphatic rings. The molecule has 2 unspecified atom stereocenters. The van der Waals surface area contributed by atoms with Gasteiger partial charge in [0.2, 0.25) is 0 Å². The summed E-state index contributed by atoms with van der Waals surface area (Å²) < 4.78 is 5.83. The highest BCUT2D eigenvalue weighted by molar-refractivity contribution is 5.13. The van der Waals surface area contributed by atoms with E-state index < -0.39 is 0 Å². The molecule has 18 heavy (non-hydrogen) atoms. The predicted molar refractivity (Wildman–Crippen MR) is 74.4 cm³/mol. The second-order valence-electron chi connectivity index (χ2n) is 6.07. The number of nitrogens with two attached hydrogens (primary N) is 1. The SMILES string of the molecule is Cc1ccc(C(C(C)N)N(CC(C)C)C2CC2)o1. The summed E-state index contributed by atoms with van der Waals surface area (Å²) in [7, 11) is 0. The predicted octanol–water partition coefficient (Wildman–Crippen LogP) is 3.10. The minimum atomic E-state index is 0.0925. The van der Waals surface area contributed by atoms with Gasteiger partial charge in [-0.05, 0) is 44.7 Å². The van der Waals surface area contributed by atoms with Gasteiger partial charge in [0.05, 0.1) is 6.04 Å². The Balaban J connectivity index is 2.21. The van der Waals surface area contributed by atoms with Gasteiger partial charge in [0.1, 0.15) is 11.5 Å². The summed E-state index contributed by atoms with van der Waals surface area (Å²) in [4.78, 5) is 2.55. The normalized spacial score (nSPS) is 19.5. The topological polar surface area (TPSA) is 42.4 Å². The lowest BCUT2D eigenvalue weighted by Gasteiger charge is -2.34. The molecule has 2 rings (SSSR count). The molecule has 0 aliphatic heterocycles. The molecular weight excluding hydrogens is 224 g/mol. The zero-order chi connectivity index (χ0) is 13.3. The zero-order valence-corrected chi connectivity index (χ0v) is 12.0. The monoisotopic (exact) mass is 250 g/mol. The van der Waals surface area contributed by atoms with Crippen molar-refractivity contribution in [1.29, 1.82) is 0 Å². The molecule has 1 saturated carbocycles. The Bertz CT molecular complexity index is 380. The van der Waals surface area contributed by atoms with Gasteiger partial charge >= 0.3 is 0 Å². The second kappa shape index (κ2) is 5.45. The van der Waals surface area contributed by atoms with Crippen LogP contribution in [0.15, 0.2) is 16.5 Å². The molecular formula is C15H26N2O. The quantitative estimate of drug-likeness (QED) is 0.843. The third-order valence-corrected chi connectivity index (χ3v) is 3.50. The fraction of sp³-hybridized carbons (Fsp3) is 0.733. The Morgan fingerprint density at radius 3 is 2.39 bits per heavy atom. The van der Waals surface area contributed by atoms with Gasteiger partial charge in [-0.2, -0.15) is 0 Å². The first-order chi connectivity index (χ1) is 8.49. The van der Waals surface area contributed by atoms with Crippen molar-refractivity contribution in [2.24, 2.45) is 11.7 Å². The molecule has 3 heteroatoms. The van der Waals surface area contributed by atoms with Crippen molar-refractivity contribution in [2.45, 2.75) is 58.7 Å². The van der Waals surface area contributed by atoms with Crippen molar-refractivity contribution in [3.8, 4) is 0 Å². The summed E-state index contributed by atoms with van der Waals surface area (Å²) in [5.74, 6) is 2.65. The van der Waals surface area contributed by atoms with Crippen LogP contribution in [-0.2, 0) is 0 Å². The van der Waals surface area contributed by atoms with Gasteiger partial charge in [-0.3, -0.25) is 4.90 Å². The van der Waals surface area contributed by atoms with Crippen LogP contribution >= 0.6 is 0 Å². The second-order valence-corrected chi connectivity index (χ2v) is 6.07. The van der Waals surface area contributed by atoms with E-state index in [2.05, 4.69) is 31.7 Å². The molecule has 0 saturated heterocycles. The van der Waals surface area contributed by atoms with Crippen molar-refractivity contribution in [1.82, 2.24) is 4.90 Å². The van der Waals surface area contributed by atoms with E-state index in [1.165, 1.54) is 12.8 Å². The Kier molecular flexibility index (Phi) is 4.13. The molecule has 0 bridgehead atoms. The van der Waals surface area contributed by atoms with Gasteiger partial charge in [-0.1, -0.05) is 13.8 Å². The number of nitrogens with zero attached hydrogens (tertiary/aromatic N) is 1. The molecule has 1 aromatic rings. The average Bonchev–Trinajstić information content (AvgIpc) is 3.01. The van der Waals surface area contributed by atoms with Crippen molar-refractivity contribution >= 4 is 0 Å². The van der Waals surface area contributed by atoms with Gasteiger partial charge in [0, 0.05) is 18.6 Å².